The zero-order valence-corrected chi connectivity index (χ0v) is 13.2. The molecule has 0 aromatic carbocycles. The van der Waals surface area contributed by atoms with Crippen molar-refractivity contribution in [2.45, 2.75) is 51.1 Å². The van der Waals surface area contributed by atoms with Crippen LogP contribution in [0.25, 0.3) is 0 Å². The van der Waals surface area contributed by atoms with E-state index in [0.29, 0.717) is 11.8 Å². The monoisotopic (exact) mass is 289 g/mol. The van der Waals surface area contributed by atoms with Gasteiger partial charge in [0.25, 0.3) is 0 Å². The molecule has 2 aliphatic rings. The molecule has 3 rings (SSSR count). The molecule has 4 nitrogen and oxygen atoms in total. The third-order valence-corrected chi connectivity index (χ3v) is 5.16. The first-order valence-corrected chi connectivity index (χ1v) is 8.33. The van der Waals surface area contributed by atoms with E-state index in [9.17, 15) is 4.79 Å². The van der Waals surface area contributed by atoms with Gasteiger partial charge in [0.05, 0.1) is 12.1 Å². The van der Waals surface area contributed by atoms with Gasteiger partial charge in [0.1, 0.15) is 0 Å². The van der Waals surface area contributed by atoms with Crippen molar-refractivity contribution >= 4 is 5.91 Å². The Morgan fingerprint density at radius 2 is 2.14 bits per heavy atom. The summed E-state index contributed by atoms with van der Waals surface area (Å²) in [7, 11) is 2.08. The van der Waals surface area contributed by atoms with Gasteiger partial charge < -0.3 is 14.8 Å². The van der Waals surface area contributed by atoms with Crippen LogP contribution in [0.1, 0.15) is 50.8 Å². The van der Waals surface area contributed by atoms with Crippen molar-refractivity contribution in [3.63, 3.8) is 0 Å². The van der Waals surface area contributed by atoms with Crippen molar-refractivity contribution in [2.75, 3.05) is 13.1 Å². The highest BCUT2D eigenvalue weighted by atomic mass is 16.2. The summed E-state index contributed by atoms with van der Waals surface area (Å²) in [6, 6.07) is 4.52. The predicted molar refractivity (Wildman–Crippen MR) is 83.9 cm³/mol. The lowest BCUT2D eigenvalue weighted by Crippen LogP contribution is -2.47. The van der Waals surface area contributed by atoms with Gasteiger partial charge in [-0.1, -0.05) is 19.8 Å². The summed E-state index contributed by atoms with van der Waals surface area (Å²) >= 11 is 0. The number of amides is 1. The highest BCUT2D eigenvalue weighted by Crippen LogP contribution is 2.32. The molecule has 2 aliphatic heterocycles. The summed E-state index contributed by atoms with van der Waals surface area (Å²) in [4.78, 5) is 15.2. The summed E-state index contributed by atoms with van der Waals surface area (Å²) in [5.74, 6) is 0.767. The van der Waals surface area contributed by atoms with Crippen LogP contribution in [-0.4, -0.2) is 34.5 Å². The SMILES string of the molecule is CC1CCNC1C(=O)N1CCCCCC1c1cccn1C. The molecule has 2 saturated heterocycles. The van der Waals surface area contributed by atoms with Gasteiger partial charge >= 0.3 is 0 Å². The van der Waals surface area contributed by atoms with Crippen LogP contribution in [0.4, 0.5) is 0 Å². The molecule has 3 atom stereocenters. The third-order valence-electron chi connectivity index (χ3n) is 5.16. The van der Waals surface area contributed by atoms with E-state index in [-0.39, 0.29) is 12.1 Å². The molecular weight excluding hydrogens is 262 g/mol. The van der Waals surface area contributed by atoms with Gasteiger partial charge in [-0.15, -0.1) is 0 Å². The van der Waals surface area contributed by atoms with Crippen LogP contribution < -0.4 is 5.32 Å². The summed E-state index contributed by atoms with van der Waals surface area (Å²) in [6.45, 7) is 4.07. The first kappa shape index (κ1) is 14.6. The number of nitrogens with one attached hydrogen (secondary N) is 1. The number of hydrogen-bond donors (Lipinski definition) is 1. The van der Waals surface area contributed by atoms with Crippen molar-refractivity contribution in [2.24, 2.45) is 13.0 Å². The van der Waals surface area contributed by atoms with Crippen molar-refractivity contribution in [1.82, 2.24) is 14.8 Å². The smallest absolute Gasteiger partial charge is 0.240 e. The number of hydrogen-bond acceptors (Lipinski definition) is 2. The molecule has 3 unspecified atom stereocenters. The van der Waals surface area contributed by atoms with Gasteiger partial charge in [-0.05, 0) is 43.9 Å². The first-order chi connectivity index (χ1) is 10.2. The number of rotatable bonds is 2. The maximum Gasteiger partial charge on any atom is 0.240 e. The molecule has 2 fully saturated rings. The molecule has 0 radical (unpaired) electrons. The first-order valence-electron chi connectivity index (χ1n) is 8.33. The van der Waals surface area contributed by atoms with Gasteiger partial charge in [-0.3, -0.25) is 4.79 Å². The minimum absolute atomic E-state index is 0.0193. The van der Waals surface area contributed by atoms with Gasteiger partial charge in [-0.2, -0.15) is 0 Å². The van der Waals surface area contributed by atoms with E-state index in [1.54, 1.807) is 0 Å². The Balaban J connectivity index is 1.85. The second kappa shape index (κ2) is 6.22. The van der Waals surface area contributed by atoms with Crippen LogP contribution in [0.15, 0.2) is 18.3 Å². The summed E-state index contributed by atoms with van der Waals surface area (Å²) < 4.78 is 2.17. The van der Waals surface area contributed by atoms with E-state index < -0.39 is 0 Å². The van der Waals surface area contributed by atoms with Crippen LogP contribution in [0.5, 0.6) is 0 Å². The van der Waals surface area contributed by atoms with E-state index >= 15 is 0 Å². The fourth-order valence-electron chi connectivity index (χ4n) is 3.84. The molecule has 0 aliphatic carbocycles. The van der Waals surface area contributed by atoms with Gasteiger partial charge in [-0.25, -0.2) is 0 Å². The Kier molecular flexibility index (Phi) is 4.34. The van der Waals surface area contributed by atoms with Gasteiger partial charge in [0.15, 0.2) is 0 Å². The highest BCUT2D eigenvalue weighted by Gasteiger charge is 2.36. The molecule has 1 aromatic heterocycles. The Labute approximate surface area is 127 Å². The molecule has 1 aromatic rings. The number of carbonyl (C=O) groups excluding carboxylic acids is 1. The van der Waals surface area contributed by atoms with Crippen molar-refractivity contribution < 1.29 is 4.79 Å². The van der Waals surface area contributed by atoms with Crippen LogP contribution >= 0.6 is 0 Å². The zero-order chi connectivity index (χ0) is 14.8. The molecule has 21 heavy (non-hydrogen) atoms. The lowest BCUT2D eigenvalue weighted by molar-refractivity contribution is -0.136. The van der Waals surface area contributed by atoms with E-state index in [1.807, 2.05) is 0 Å². The lowest BCUT2D eigenvalue weighted by Gasteiger charge is -2.33. The largest absolute Gasteiger partial charge is 0.353 e. The van der Waals surface area contributed by atoms with Crippen LogP contribution in [-0.2, 0) is 11.8 Å². The third kappa shape index (κ3) is 2.86. The fourth-order valence-corrected chi connectivity index (χ4v) is 3.84. The van der Waals surface area contributed by atoms with E-state index in [0.717, 1.165) is 32.4 Å². The second-order valence-corrected chi connectivity index (χ2v) is 6.64. The average Bonchev–Trinajstić information content (AvgIpc) is 3.00. The van der Waals surface area contributed by atoms with E-state index in [1.165, 1.54) is 18.5 Å². The topological polar surface area (TPSA) is 37.3 Å². The Hall–Kier alpha value is -1.29. The maximum atomic E-state index is 13.0. The molecule has 1 amide bonds. The lowest BCUT2D eigenvalue weighted by atomic mass is 10.00. The minimum Gasteiger partial charge on any atom is -0.353 e. The number of nitrogens with zero attached hydrogens (tertiary/aromatic N) is 2. The summed E-state index contributed by atoms with van der Waals surface area (Å²) in [5.41, 5.74) is 1.27. The molecule has 0 spiro atoms. The van der Waals surface area contributed by atoms with Gasteiger partial charge in [0.2, 0.25) is 5.91 Å². The summed E-state index contributed by atoms with van der Waals surface area (Å²) in [5, 5.41) is 3.41. The molecule has 0 bridgehead atoms. The number of aromatic nitrogens is 1. The maximum absolute atomic E-state index is 13.0. The predicted octanol–water partition coefficient (Wildman–Crippen LogP) is 2.47. The van der Waals surface area contributed by atoms with Crippen molar-refractivity contribution in [1.29, 1.82) is 0 Å². The number of carbonyl (C=O) groups is 1. The Bertz CT molecular complexity index is 496. The van der Waals surface area contributed by atoms with Crippen LogP contribution in [0.2, 0.25) is 0 Å². The number of aryl methyl sites for hydroxylation is 1. The fraction of sp³-hybridized carbons (Fsp3) is 0.706. The number of likely N-dealkylation sites (tertiary alicyclic amines) is 1. The molecule has 0 saturated carbocycles. The Morgan fingerprint density at radius 3 is 2.81 bits per heavy atom. The molecule has 116 valence electrons. The molecular formula is C17H27N3O. The van der Waals surface area contributed by atoms with Gasteiger partial charge in [0, 0.05) is 25.5 Å². The summed E-state index contributed by atoms with van der Waals surface area (Å²) in [6.07, 6.45) is 7.86. The quantitative estimate of drug-likeness (QED) is 0.908. The van der Waals surface area contributed by atoms with Crippen molar-refractivity contribution in [3.8, 4) is 0 Å². The second-order valence-electron chi connectivity index (χ2n) is 6.64. The highest BCUT2D eigenvalue weighted by molar-refractivity contribution is 5.83. The van der Waals surface area contributed by atoms with Crippen LogP contribution in [0, 0.1) is 5.92 Å². The normalized spacial score (nSPS) is 30.4. The standard InChI is InChI=1S/C17H27N3O/c1-13-9-10-18-16(13)17(21)20-12-5-3-4-7-15(20)14-8-6-11-19(14)2/h6,8,11,13,15-16,18H,3-5,7,9-10,12H2,1-2H3. The minimum atomic E-state index is 0.0193. The van der Waals surface area contributed by atoms with Crippen molar-refractivity contribution in [3.05, 3.63) is 24.0 Å². The zero-order valence-electron chi connectivity index (χ0n) is 13.2. The molecule has 4 heteroatoms. The van der Waals surface area contributed by atoms with E-state index in [4.69, 9.17) is 0 Å². The Morgan fingerprint density at radius 1 is 1.29 bits per heavy atom. The average molecular weight is 289 g/mol. The van der Waals surface area contributed by atoms with Crippen LogP contribution in [0.3, 0.4) is 0 Å². The molecule has 3 heterocycles. The molecule has 1 N–H and O–H groups in total. The van der Waals surface area contributed by atoms with E-state index in [2.05, 4.69) is 47.1 Å².